The third kappa shape index (κ3) is 2.29. The number of fused-ring (bicyclic) bond motifs is 1. The van der Waals surface area contributed by atoms with Gasteiger partial charge in [0.15, 0.2) is 0 Å². The first-order valence-electron chi connectivity index (χ1n) is 6.42. The maximum Gasteiger partial charge on any atom is 0.128 e. The third-order valence-electron chi connectivity index (χ3n) is 3.56. The molecule has 1 aliphatic heterocycles. The van der Waals surface area contributed by atoms with E-state index in [0.29, 0.717) is 4.99 Å². The second-order valence-electron chi connectivity index (χ2n) is 4.68. The van der Waals surface area contributed by atoms with Crippen LogP contribution in [0.2, 0.25) is 0 Å². The van der Waals surface area contributed by atoms with E-state index in [1.165, 1.54) is 0 Å². The molecule has 3 rings (SSSR count). The molecule has 2 N–H and O–H groups in total. The van der Waals surface area contributed by atoms with Gasteiger partial charge < -0.3 is 15.2 Å². The maximum atomic E-state index is 5.94. The lowest BCUT2D eigenvalue weighted by molar-refractivity contribution is 0.559. The summed E-state index contributed by atoms with van der Waals surface area (Å²) in [6.07, 6.45) is 5.93. The normalized spacial score (nSPS) is 14.2. The summed E-state index contributed by atoms with van der Waals surface area (Å²) >= 11 is 6.92. The van der Waals surface area contributed by atoms with Crippen LogP contribution in [0.4, 0.5) is 5.69 Å². The van der Waals surface area contributed by atoms with Crippen LogP contribution in [0, 0.1) is 0 Å². The van der Waals surface area contributed by atoms with E-state index in [1.54, 1.807) is 11.8 Å². The summed E-state index contributed by atoms with van der Waals surface area (Å²) < 4.78 is 2.19. The molecule has 0 amide bonds. The van der Waals surface area contributed by atoms with E-state index in [4.69, 9.17) is 18.0 Å². The molecule has 0 radical (unpaired) electrons. The van der Waals surface area contributed by atoms with Crippen molar-refractivity contribution in [3.8, 4) is 0 Å². The Kier molecular flexibility index (Phi) is 3.67. The average molecular weight is 304 g/mol. The Bertz CT molecular complexity index is 650. The minimum atomic E-state index is 0.457. The summed E-state index contributed by atoms with van der Waals surface area (Å²) in [5.41, 5.74) is 8.03. The molecular formula is C14H16N4S2. The molecule has 0 saturated heterocycles. The van der Waals surface area contributed by atoms with Gasteiger partial charge in [-0.15, -0.1) is 11.8 Å². The first-order chi connectivity index (χ1) is 9.70. The molecule has 1 aromatic carbocycles. The lowest BCUT2D eigenvalue weighted by Crippen LogP contribution is -2.35. The molecule has 0 aliphatic carbocycles. The number of imidazole rings is 1. The molecule has 0 saturated carbocycles. The van der Waals surface area contributed by atoms with Gasteiger partial charge in [-0.2, -0.15) is 0 Å². The highest BCUT2D eigenvalue weighted by atomic mass is 32.2. The molecule has 0 bridgehead atoms. The number of nitrogens with two attached hydrogens (primary N) is 1. The fraction of sp³-hybridized carbons (Fsp3) is 0.286. The van der Waals surface area contributed by atoms with Crippen molar-refractivity contribution in [2.24, 2.45) is 5.73 Å². The third-order valence-corrected chi connectivity index (χ3v) is 4.54. The van der Waals surface area contributed by atoms with E-state index < -0.39 is 0 Å². The Morgan fingerprint density at radius 1 is 1.40 bits per heavy atom. The zero-order valence-corrected chi connectivity index (χ0v) is 12.9. The monoisotopic (exact) mass is 304 g/mol. The van der Waals surface area contributed by atoms with Crippen molar-refractivity contribution in [2.75, 3.05) is 17.7 Å². The van der Waals surface area contributed by atoms with Crippen LogP contribution in [0.5, 0.6) is 0 Å². The van der Waals surface area contributed by atoms with E-state index in [-0.39, 0.29) is 0 Å². The average Bonchev–Trinajstić information content (AvgIpc) is 2.93. The minimum Gasteiger partial charge on any atom is -0.389 e. The Labute approximate surface area is 128 Å². The van der Waals surface area contributed by atoms with Gasteiger partial charge in [-0.05, 0) is 18.4 Å². The van der Waals surface area contributed by atoms with Crippen molar-refractivity contribution >= 4 is 34.7 Å². The molecule has 2 aromatic rings. The Morgan fingerprint density at radius 3 is 3.00 bits per heavy atom. The number of rotatable bonds is 3. The standard InChI is InChI=1S/C14H16N4S2/c1-20-11-4-2-3-10(13(11)14(15)19)18-8-7-17-6-5-16-12(17)9-18/h2-6H,7-9H2,1H3,(H2,15,19). The number of aromatic nitrogens is 2. The quantitative estimate of drug-likeness (QED) is 0.696. The van der Waals surface area contributed by atoms with Gasteiger partial charge in [0, 0.05) is 41.6 Å². The lowest BCUT2D eigenvalue weighted by Gasteiger charge is -2.31. The van der Waals surface area contributed by atoms with Crippen LogP contribution in [0.1, 0.15) is 11.4 Å². The van der Waals surface area contributed by atoms with Crippen LogP contribution >= 0.6 is 24.0 Å². The highest BCUT2D eigenvalue weighted by molar-refractivity contribution is 7.98. The Balaban J connectivity index is 2.01. The van der Waals surface area contributed by atoms with E-state index in [2.05, 4.69) is 32.7 Å². The Morgan fingerprint density at radius 2 is 2.25 bits per heavy atom. The van der Waals surface area contributed by atoms with Crippen LogP contribution in [-0.2, 0) is 13.1 Å². The van der Waals surface area contributed by atoms with Crippen LogP contribution in [-0.4, -0.2) is 27.3 Å². The molecule has 1 aliphatic rings. The number of hydrogen-bond acceptors (Lipinski definition) is 4. The predicted octanol–water partition coefficient (Wildman–Crippen LogP) is 2.26. The summed E-state index contributed by atoms with van der Waals surface area (Å²) in [7, 11) is 0. The van der Waals surface area contributed by atoms with Crippen LogP contribution < -0.4 is 10.6 Å². The van der Waals surface area contributed by atoms with Gasteiger partial charge in [0.25, 0.3) is 0 Å². The van der Waals surface area contributed by atoms with Crippen molar-refractivity contribution in [3.63, 3.8) is 0 Å². The number of nitrogens with zero attached hydrogens (tertiary/aromatic N) is 3. The highest BCUT2D eigenvalue weighted by Gasteiger charge is 2.21. The SMILES string of the molecule is CSc1cccc(N2CCn3ccnc3C2)c1C(N)=S. The van der Waals surface area contributed by atoms with E-state index in [1.807, 2.05) is 18.6 Å². The number of thiocarbonyl (C=S) groups is 1. The van der Waals surface area contributed by atoms with Gasteiger partial charge in [0.1, 0.15) is 10.8 Å². The van der Waals surface area contributed by atoms with Gasteiger partial charge in [0.05, 0.1) is 6.54 Å². The van der Waals surface area contributed by atoms with Crippen molar-refractivity contribution in [2.45, 2.75) is 18.0 Å². The number of thioether (sulfide) groups is 1. The summed E-state index contributed by atoms with van der Waals surface area (Å²) in [6.45, 7) is 2.67. The summed E-state index contributed by atoms with van der Waals surface area (Å²) in [4.78, 5) is 8.29. The molecule has 1 aromatic heterocycles. The summed E-state index contributed by atoms with van der Waals surface area (Å²) in [6, 6.07) is 6.21. The molecule has 0 fully saturated rings. The lowest BCUT2D eigenvalue weighted by atomic mass is 10.1. The molecule has 4 nitrogen and oxygen atoms in total. The van der Waals surface area contributed by atoms with E-state index in [0.717, 1.165) is 41.6 Å². The molecule has 0 spiro atoms. The fourth-order valence-electron chi connectivity index (χ4n) is 2.58. The van der Waals surface area contributed by atoms with Gasteiger partial charge in [0.2, 0.25) is 0 Å². The second-order valence-corrected chi connectivity index (χ2v) is 5.96. The minimum absolute atomic E-state index is 0.457. The van der Waals surface area contributed by atoms with Gasteiger partial charge in [-0.1, -0.05) is 18.3 Å². The number of hydrogen-bond donors (Lipinski definition) is 1. The summed E-state index contributed by atoms with van der Waals surface area (Å²) in [5, 5.41) is 0. The van der Waals surface area contributed by atoms with E-state index >= 15 is 0 Å². The zero-order chi connectivity index (χ0) is 14.1. The number of anilines is 1. The molecule has 20 heavy (non-hydrogen) atoms. The first kappa shape index (κ1) is 13.5. The zero-order valence-electron chi connectivity index (χ0n) is 11.2. The van der Waals surface area contributed by atoms with E-state index in [9.17, 15) is 0 Å². The maximum absolute atomic E-state index is 5.94. The molecule has 0 atom stereocenters. The smallest absolute Gasteiger partial charge is 0.128 e. The fourth-order valence-corrected chi connectivity index (χ4v) is 3.49. The summed E-state index contributed by atoms with van der Waals surface area (Å²) in [5.74, 6) is 1.08. The second kappa shape index (κ2) is 5.46. The predicted molar refractivity (Wildman–Crippen MR) is 87.4 cm³/mol. The molecule has 104 valence electrons. The largest absolute Gasteiger partial charge is 0.389 e. The molecular weight excluding hydrogens is 288 g/mol. The van der Waals surface area contributed by atoms with Crippen LogP contribution in [0.15, 0.2) is 35.5 Å². The highest BCUT2D eigenvalue weighted by Crippen LogP contribution is 2.31. The van der Waals surface area contributed by atoms with Crippen molar-refractivity contribution in [3.05, 3.63) is 42.0 Å². The molecule has 2 heterocycles. The number of benzene rings is 1. The van der Waals surface area contributed by atoms with Crippen molar-refractivity contribution in [1.82, 2.24) is 9.55 Å². The molecule has 0 unspecified atom stereocenters. The van der Waals surface area contributed by atoms with Crippen LogP contribution in [0.3, 0.4) is 0 Å². The first-order valence-corrected chi connectivity index (χ1v) is 8.05. The van der Waals surface area contributed by atoms with Gasteiger partial charge in [-0.3, -0.25) is 0 Å². The molecule has 6 heteroatoms. The van der Waals surface area contributed by atoms with Gasteiger partial charge in [-0.25, -0.2) is 4.98 Å². The topological polar surface area (TPSA) is 47.1 Å². The van der Waals surface area contributed by atoms with Crippen LogP contribution in [0.25, 0.3) is 0 Å². The van der Waals surface area contributed by atoms with Crippen molar-refractivity contribution in [1.29, 1.82) is 0 Å². The van der Waals surface area contributed by atoms with Crippen molar-refractivity contribution < 1.29 is 0 Å². The van der Waals surface area contributed by atoms with Gasteiger partial charge >= 0.3 is 0 Å². The Hall–Kier alpha value is -1.53.